The number of hydrogen-bond acceptors (Lipinski definition) is 8. The predicted octanol–water partition coefficient (Wildman–Crippen LogP) is 1.34. The quantitative estimate of drug-likeness (QED) is 0.672. The fourth-order valence-corrected chi connectivity index (χ4v) is 4.23. The highest BCUT2D eigenvalue weighted by atomic mass is 16.7. The van der Waals surface area contributed by atoms with Crippen LogP contribution in [0.25, 0.3) is 5.69 Å². The number of carbonyl (C=O) groups is 1. The first-order valence-corrected chi connectivity index (χ1v) is 9.92. The Labute approximate surface area is 178 Å². The van der Waals surface area contributed by atoms with E-state index in [-0.39, 0.29) is 18.7 Å². The number of ether oxygens (including phenoxy) is 3. The molecule has 160 valence electrons. The van der Waals surface area contributed by atoms with Crippen LogP contribution in [0, 0.1) is 0 Å². The highest BCUT2D eigenvalue weighted by Crippen LogP contribution is 2.50. The molecule has 0 saturated carbocycles. The number of fused-ring (bicyclic) bond motifs is 2. The highest BCUT2D eigenvalue weighted by molar-refractivity contribution is 5.94. The molecule has 2 aliphatic rings. The molecule has 10 heteroatoms. The van der Waals surface area contributed by atoms with Crippen molar-refractivity contribution in [3.63, 3.8) is 0 Å². The van der Waals surface area contributed by atoms with Gasteiger partial charge in [0.25, 0.3) is 5.91 Å². The fraction of sp³-hybridized carbons (Fsp3) is 0.333. The molecule has 3 heterocycles. The molecule has 3 aromatic rings. The summed E-state index contributed by atoms with van der Waals surface area (Å²) < 4.78 is 18.7. The van der Waals surface area contributed by atoms with Gasteiger partial charge in [0, 0.05) is 24.7 Å². The van der Waals surface area contributed by atoms with Crippen molar-refractivity contribution in [3.8, 4) is 22.9 Å². The summed E-state index contributed by atoms with van der Waals surface area (Å²) in [5, 5.41) is 15.2. The Morgan fingerprint density at radius 1 is 1.29 bits per heavy atom. The number of hydrogen-bond donors (Lipinski definition) is 1. The number of aromatic nitrogens is 4. The van der Waals surface area contributed by atoms with E-state index in [2.05, 4.69) is 25.7 Å². The molecule has 0 spiro atoms. The standard InChI is InChI=1S/C21H22N6O4/c1-22-21(28)13-5-4-6-14(9-13)27-20(23-24-25-27)17-16-12(7-8-26(17)2)10-15-18(19(16)29-3)31-11-30-15/h4-6,9-10,17H,7-8,11H2,1-3H3,(H,22,28)/t17-/m1/s1. The van der Waals surface area contributed by atoms with Gasteiger partial charge in [0.1, 0.15) is 6.04 Å². The first kappa shape index (κ1) is 19.3. The van der Waals surface area contributed by atoms with Gasteiger partial charge in [-0.2, -0.15) is 4.68 Å². The van der Waals surface area contributed by atoms with Crippen molar-refractivity contribution in [1.29, 1.82) is 0 Å². The van der Waals surface area contributed by atoms with Crippen LogP contribution in [0.15, 0.2) is 30.3 Å². The highest BCUT2D eigenvalue weighted by Gasteiger charge is 2.37. The molecule has 10 nitrogen and oxygen atoms in total. The first-order chi connectivity index (χ1) is 15.1. The van der Waals surface area contributed by atoms with Crippen LogP contribution in [-0.2, 0) is 6.42 Å². The van der Waals surface area contributed by atoms with Gasteiger partial charge in [-0.3, -0.25) is 9.69 Å². The second-order valence-corrected chi connectivity index (χ2v) is 7.43. The van der Waals surface area contributed by atoms with E-state index >= 15 is 0 Å². The van der Waals surface area contributed by atoms with Crippen LogP contribution in [0.4, 0.5) is 0 Å². The summed E-state index contributed by atoms with van der Waals surface area (Å²) in [6.07, 6.45) is 0.836. The average molecular weight is 422 g/mol. The lowest BCUT2D eigenvalue weighted by Crippen LogP contribution is -2.35. The van der Waals surface area contributed by atoms with Crippen LogP contribution in [-0.4, -0.2) is 65.6 Å². The second kappa shape index (κ2) is 7.55. The van der Waals surface area contributed by atoms with Crippen molar-refractivity contribution in [2.24, 2.45) is 0 Å². The van der Waals surface area contributed by atoms with E-state index in [1.165, 1.54) is 0 Å². The van der Waals surface area contributed by atoms with Crippen molar-refractivity contribution < 1.29 is 19.0 Å². The number of methoxy groups -OCH3 is 1. The summed E-state index contributed by atoms with van der Waals surface area (Å²) in [5.41, 5.74) is 3.29. The number of nitrogens with zero attached hydrogens (tertiary/aromatic N) is 5. The molecule has 2 aliphatic heterocycles. The van der Waals surface area contributed by atoms with Gasteiger partial charge in [-0.1, -0.05) is 6.07 Å². The topological polar surface area (TPSA) is 104 Å². The maximum atomic E-state index is 12.1. The maximum absolute atomic E-state index is 12.1. The Hall–Kier alpha value is -3.66. The first-order valence-electron chi connectivity index (χ1n) is 9.92. The van der Waals surface area contributed by atoms with Gasteiger partial charge < -0.3 is 19.5 Å². The molecule has 1 N–H and O–H groups in total. The van der Waals surface area contributed by atoms with Gasteiger partial charge in [0.2, 0.25) is 12.5 Å². The van der Waals surface area contributed by atoms with Crippen LogP contribution < -0.4 is 19.5 Å². The molecular weight excluding hydrogens is 400 g/mol. The molecular formula is C21H22N6O4. The molecule has 0 aliphatic carbocycles. The monoisotopic (exact) mass is 422 g/mol. The third-order valence-corrected chi connectivity index (χ3v) is 5.71. The van der Waals surface area contributed by atoms with Crippen LogP contribution in [0.2, 0.25) is 0 Å². The zero-order valence-electron chi connectivity index (χ0n) is 17.5. The van der Waals surface area contributed by atoms with E-state index in [1.54, 1.807) is 31.0 Å². The number of amides is 1. The van der Waals surface area contributed by atoms with E-state index in [0.717, 1.165) is 24.1 Å². The predicted molar refractivity (Wildman–Crippen MR) is 110 cm³/mol. The molecule has 0 fully saturated rings. The zero-order chi connectivity index (χ0) is 21.5. The van der Waals surface area contributed by atoms with E-state index in [9.17, 15) is 4.79 Å². The Balaban J connectivity index is 1.66. The van der Waals surface area contributed by atoms with Crippen LogP contribution in [0.5, 0.6) is 17.2 Å². The second-order valence-electron chi connectivity index (χ2n) is 7.43. The van der Waals surface area contributed by atoms with Crippen molar-refractivity contribution in [2.45, 2.75) is 12.5 Å². The number of benzene rings is 2. The Morgan fingerprint density at radius 3 is 2.97 bits per heavy atom. The third kappa shape index (κ3) is 3.07. The third-order valence-electron chi connectivity index (χ3n) is 5.71. The van der Waals surface area contributed by atoms with Gasteiger partial charge in [-0.15, -0.1) is 5.10 Å². The minimum absolute atomic E-state index is 0.166. The van der Waals surface area contributed by atoms with Crippen LogP contribution in [0.1, 0.15) is 33.4 Å². The Kier molecular flexibility index (Phi) is 4.70. The zero-order valence-corrected chi connectivity index (χ0v) is 17.5. The molecule has 0 saturated heterocycles. The van der Waals surface area contributed by atoms with Crippen molar-refractivity contribution in [3.05, 3.63) is 52.8 Å². The largest absolute Gasteiger partial charge is 0.492 e. The summed E-state index contributed by atoms with van der Waals surface area (Å²) in [5.74, 6) is 2.37. The Bertz CT molecular complexity index is 1160. The molecule has 0 unspecified atom stereocenters. The van der Waals surface area contributed by atoms with E-state index in [4.69, 9.17) is 14.2 Å². The van der Waals surface area contributed by atoms with E-state index in [1.807, 2.05) is 25.2 Å². The van der Waals surface area contributed by atoms with Crippen molar-refractivity contribution >= 4 is 5.91 Å². The maximum Gasteiger partial charge on any atom is 0.251 e. The summed E-state index contributed by atoms with van der Waals surface area (Å²) in [6, 6.07) is 8.93. The minimum Gasteiger partial charge on any atom is -0.492 e. The average Bonchev–Trinajstić information content (AvgIpc) is 3.46. The summed E-state index contributed by atoms with van der Waals surface area (Å²) in [7, 11) is 5.25. The van der Waals surface area contributed by atoms with Crippen LogP contribution in [0.3, 0.4) is 0 Å². The molecule has 5 rings (SSSR count). The van der Waals surface area contributed by atoms with Gasteiger partial charge in [0.15, 0.2) is 17.3 Å². The number of likely N-dealkylation sites (N-methyl/N-ethyl adjacent to an activating group) is 1. The molecule has 1 atom stereocenters. The molecule has 0 bridgehead atoms. The van der Waals surface area contributed by atoms with Gasteiger partial charge in [-0.05, 0) is 53.7 Å². The number of tetrazole rings is 1. The molecule has 1 aromatic heterocycles. The van der Waals surface area contributed by atoms with Gasteiger partial charge >= 0.3 is 0 Å². The minimum atomic E-state index is -0.271. The van der Waals surface area contributed by atoms with E-state index < -0.39 is 0 Å². The number of rotatable bonds is 4. The SMILES string of the molecule is CNC(=O)c1cccc(-n2nnnc2[C@H]2c3c(cc4c(c3OC)OCO4)CCN2C)c1. The van der Waals surface area contributed by atoms with Gasteiger partial charge in [0.05, 0.1) is 12.8 Å². The molecule has 31 heavy (non-hydrogen) atoms. The normalized spacial score (nSPS) is 17.3. The smallest absolute Gasteiger partial charge is 0.251 e. The number of carbonyl (C=O) groups excluding carboxylic acids is 1. The lowest BCUT2D eigenvalue weighted by atomic mass is 9.90. The summed E-state index contributed by atoms with van der Waals surface area (Å²) in [4.78, 5) is 14.3. The molecule has 0 radical (unpaired) electrons. The summed E-state index contributed by atoms with van der Waals surface area (Å²) in [6.45, 7) is 0.977. The van der Waals surface area contributed by atoms with Crippen LogP contribution >= 0.6 is 0 Å². The molecule has 2 aromatic carbocycles. The lowest BCUT2D eigenvalue weighted by Gasteiger charge is -2.34. The summed E-state index contributed by atoms with van der Waals surface area (Å²) >= 11 is 0. The van der Waals surface area contributed by atoms with Crippen molar-refractivity contribution in [1.82, 2.24) is 30.4 Å². The van der Waals surface area contributed by atoms with E-state index in [0.29, 0.717) is 34.3 Å². The lowest BCUT2D eigenvalue weighted by molar-refractivity contribution is 0.0963. The van der Waals surface area contributed by atoms with Gasteiger partial charge in [-0.25, -0.2) is 0 Å². The molecule has 1 amide bonds. The fourth-order valence-electron chi connectivity index (χ4n) is 4.23. The Morgan fingerprint density at radius 2 is 2.16 bits per heavy atom. The number of nitrogens with one attached hydrogen (secondary N) is 1. The van der Waals surface area contributed by atoms with Crippen molar-refractivity contribution in [2.75, 3.05) is 34.5 Å².